The van der Waals surface area contributed by atoms with Crippen LogP contribution < -0.4 is 11.1 Å². The molecule has 1 aliphatic rings. The van der Waals surface area contributed by atoms with Gasteiger partial charge in [0.25, 0.3) is 5.91 Å². The van der Waals surface area contributed by atoms with Gasteiger partial charge in [-0.05, 0) is 29.8 Å². The summed E-state index contributed by atoms with van der Waals surface area (Å²) in [4.78, 5) is 43.4. The van der Waals surface area contributed by atoms with E-state index in [1.54, 1.807) is 12.1 Å². The summed E-state index contributed by atoms with van der Waals surface area (Å²) in [6, 6.07) is 8.22. The third kappa shape index (κ3) is 5.17. The Hall–Kier alpha value is -4.38. The number of primary amides is 1. The number of carbonyl (C=O) groups is 3. The number of carbonyl (C=O) groups excluding carboxylic acids is 3. The first kappa shape index (κ1) is 26.2. The van der Waals surface area contributed by atoms with Crippen LogP contribution in [0.5, 0.6) is 0 Å². The van der Waals surface area contributed by atoms with Gasteiger partial charge in [-0.3, -0.25) is 19.4 Å². The minimum absolute atomic E-state index is 0.0422. The molecule has 1 saturated heterocycles. The number of amides is 3. The van der Waals surface area contributed by atoms with Crippen LogP contribution in [-0.2, 0) is 16.1 Å². The molecule has 0 saturated carbocycles. The predicted molar refractivity (Wildman–Crippen MR) is 139 cm³/mol. The van der Waals surface area contributed by atoms with Crippen molar-refractivity contribution in [2.45, 2.75) is 25.2 Å². The van der Waals surface area contributed by atoms with Crippen molar-refractivity contribution < 1.29 is 27.6 Å². The number of alkyl halides is 1. The summed E-state index contributed by atoms with van der Waals surface area (Å²) in [6.45, 7) is -0.558. The van der Waals surface area contributed by atoms with Gasteiger partial charge in [-0.15, -0.1) is 0 Å². The Labute approximate surface area is 225 Å². The fraction of sp³-hybridized carbons (Fsp3) is 0.185. The number of hydrogen-bond donors (Lipinski definition) is 2. The molecule has 0 bridgehead atoms. The van der Waals surface area contributed by atoms with E-state index in [0.29, 0.717) is 17.0 Å². The van der Waals surface area contributed by atoms with Crippen molar-refractivity contribution in [3.8, 4) is 11.1 Å². The van der Waals surface area contributed by atoms with Gasteiger partial charge in [0, 0.05) is 41.5 Å². The number of nitrogens with two attached hydrogens (primary N) is 1. The molecule has 1 fully saturated rings. The van der Waals surface area contributed by atoms with Crippen molar-refractivity contribution in [3.63, 3.8) is 0 Å². The van der Waals surface area contributed by atoms with Crippen LogP contribution in [0.1, 0.15) is 16.8 Å². The Bertz CT molecular complexity index is 1600. The topological polar surface area (TPSA) is 110 Å². The minimum atomic E-state index is -1.42. The fourth-order valence-corrected chi connectivity index (χ4v) is 5.11. The molecule has 3 amide bonds. The van der Waals surface area contributed by atoms with Gasteiger partial charge < -0.3 is 20.5 Å². The second-order valence-electron chi connectivity index (χ2n) is 9.14. The van der Waals surface area contributed by atoms with E-state index in [1.165, 1.54) is 41.4 Å². The SMILES string of the molecule is NC(=O)c1cn(CC(=O)N2C[C@H](F)C[C@H]2C(=O)Nc2cccc(-c3c(F)cc(F)cc3Cl)c2)c2cnccc12. The van der Waals surface area contributed by atoms with Gasteiger partial charge in [-0.25, -0.2) is 13.2 Å². The van der Waals surface area contributed by atoms with Crippen LogP contribution in [0.4, 0.5) is 18.9 Å². The molecule has 2 aromatic heterocycles. The number of likely N-dealkylation sites (tertiary alicyclic amines) is 1. The number of fused-ring (bicyclic) bond motifs is 1. The average Bonchev–Trinajstić information content (AvgIpc) is 3.45. The molecule has 3 heterocycles. The lowest BCUT2D eigenvalue weighted by Gasteiger charge is -2.24. The van der Waals surface area contributed by atoms with Gasteiger partial charge in [0.2, 0.25) is 11.8 Å². The van der Waals surface area contributed by atoms with Crippen molar-refractivity contribution in [2.24, 2.45) is 5.73 Å². The molecule has 5 rings (SSSR count). The lowest BCUT2D eigenvalue weighted by Crippen LogP contribution is -2.44. The van der Waals surface area contributed by atoms with Crippen molar-refractivity contribution in [1.82, 2.24) is 14.5 Å². The quantitative estimate of drug-likeness (QED) is 0.369. The van der Waals surface area contributed by atoms with E-state index in [4.69, 9.17) is 17.3 Å². The zero-order chi connectivity index (χ0) is 27.8. The monoisotopic (exact) mass is 555 g/mol. The first-order valence-corrected chi connectivity index (χ1v) is 12.2. The van der Waals surface area contributed by atoms with Gasteiger partial charge in [0.1, 0.15) is 30.4 Å². The first-order valence-electron chi connectivity index (χ1n) is 11.8. The molecule has 1 aliphatic heterocycles. The van der Waals surface area contributed by atoms with Crippen molar-refractivity contribution in [1.29, 1.82) is 0 Å². The van der Waals surface area contributed by atoms with E-state index in [2.05, 4.69) is 10.3 Å². The standard InChI is InChI=1S/C27H21ClF3N5O3/c28-20-7-15(29)8-21(31)25(20)14-2-1-3-17(6-14)34-27(39)22-9-16(30)11-36(22)24(37)13-35-12-19(26(32)38)18-4-5-33-10-23(18)35/h1-8,10,12,16,22H,9,11,13H2,(H2,32,38)(H,34,39)/t16-,22+/m1/s1. The lowest BCUT2D eigenvalue weighted by molar-refractivity contribution is -0.137. The van der Waals surface area contributed by atoms with Crippen molar-refractivity contribution in [3.05, 3.63) is 83.3 Å². The highest BCUT2D eigenvalue weighted by Gasteiger charge is 2.40. The van der Waals surface area contributed by atoms with Crippen LogP contribution in [0, 0.1) is 11.6 Å². The minimum Gasteiger partial charge on any atom is -0.366 e. The smallest absolute Gasteiger partial charge is 0.250 e. The molecular weight excluding hydrogens is 535 g/mol. The van der Waals surface area contributed by atoms with E-state index in [1.807, 2.05) is 0 Å². The molecule has 39 heavy (non-hydrogen) atoms. The Kier molecular flexibility index (Phi) is 7.00. The lowest BCUT2D eigenvalue weighted by atomic mass is 10.0. The molecule has 3 N–H and O–H groups in total. The highest BCUT2D eigenvalue weighted by molar-refractivity contribution is 6.33. The van der Waals surface area contributed by atoms with Crippen LogP contribution in [0.3, 0.4) is 0 Å². The second-order valence-corrected chi connectivity index (χ2v) is 9.54. The van der Waals surface area contributed by atoms with Crippen LogP contribution in [0.15, 0.2) is 61.1 Å². The molecule has 200 valence electrons. The molecule has 0 aliphatic carbocycles. The summed E-state index contributed by atoms with van der Waals surface area (Å²) < 4.78 is 43.8. The van der Waals surface area contributed by atoms with Crippen LogP contribution in [0.25, 0.3) is 22.0 Å². The highest BCUT2D eigenvalue weighted by Crippen LogP contribution is 2.33. The molecular formula is C27H21ClF3N5O3. The molecule has 12 heteroatoms. The van der Waals surface area contributed by atoms with Gasteiger partial charge in [0.15, 0.2) is 0 Å². The molecule has 0 unspecified atom stereocenters. The van der Waals surface area contributed by atoms with E-state index < -0.39 is 41.6 Å². The van der Waals surface area contributed by atoms with Gasteiger partial charge in [0.05, 0.1) is 28.8 Å². The Morgan fingerprint density at radius 1 is 1.15 bits per heavy atom. The van der Waals surface area contributed by atoms with E-state index >= 15 is 0 Å². The van der Waals surface area contributed by atoms with E-state index in [9.17, 15) is 27.6 Å². The Morgan fingerprint density at radius 3 is 2.69 bits per heavy atom. The highest BCUT2D eigenvalue weighted by atomic mass is 35.5. The number of rotatable bonds is 6. The summed E-state index contributed by atoms with van der Waals surface area (Å²) in [5.41, 5.74) is 6.64. The zero-order valence-electron chi connectivity index (χ0n) is 20.2. The average molecular weight is 556 g/mol. The summed E-state index contributed by atoms with van der Waals surface area (Å²) in [7, 11) is 0. The number of aromatic nitrogens is 2. The molecule has 2 aromatic carbocycles. The number of halogens is 4. The molecule has 2 atom stereocenters. The van der Waals surface area contributed by atoms with Crippen molar-refractivity contribution in [2.75, 3.05) is 11.9 Å². The number of nitrogens with zero attached hydrogens (tertiary/aromatic N) is 3. The largest absolute Gasteiger partial charge is 0.366 e. The predicted octanol–water partition coefficient (Wildman–Crippen LogP) is 4.31. The maximum Gasteiger partial charge on any atom is 0.250 e. The normalized spacial score (nSPS) is 17.0. The fourth-order valence-electron chi connectivity index (χ4n) is 4.81. The third-order valence-corrected chi connectivity index (χ3v) is 6.85. The molecule has 0 radical (unpaired) electrons. The summed E-state index contributed by atoms with van der Waals surface area (Å²) >= 11 is 6.04. The van der Waals surface area contributed by atoms with Crippen LogP contribution in [-0.4, -0.2) is 50.9 Å². The summed E-state index contributed by atoms with van der Waals surface area (Å²) in [5, 5.41) is 3.02. The number of hydrogen-bond acceptors (Lipinski definition) is 4. The third-order valence-electron chi connectivity index (χ3n) is 6.55. The van der Waals surface area contributed by atoms with Gasteiger partial charge in [-0.1, -0.05) is 23.7 Å². The summed E-state index contributed by atoms with van der Waals surface area (Å²) in [5.74, 6) is -3.55. The van der Waals surface area contributed by atoms with Crippen LogP contribution in [0.2, 0.25) is 5.02 Å². The van der Waals surface area contributed by atoms with Gasteiger partial charge >= 0.3 is 0 Å². The number of nitrogens with one attached hydrogen (secondary N) is 1. The Morgan fingerprint density at radius 2 is 1.95 bits per heavy atom. The van der Waals surface area contributed by atoms with Crippen molar-refractivity contribution >= 4 is 45.9 Å². The number of pyridine rings is 1. The number of anilines is 1. The molecule has 4 aromatic rings. The zero-order valence-corrected chi connectivity index (χ0v) is 21.0. The first-order chi connectivity index (χ1) is 18.6. The van der Waals surface area contributed by atoms with E-state index in [0.717, 1.165) is 11.0 Å². The molecule has 8 nitrogen and oxygen atoms in total. The second kappa shape index (κ2) is 10.4. The van der Waals surface area contributed by atoms with Crippen LogP contribution >= 0.6 is 11.6 Å². The molecule has 0 spiro atoms. The maximum atomic E-state index is 14.5. The van der Waals surface area contributed by atoms with E-state index in [-0.39, 0.29) is 46.9 Å². The Balaban J connectivity index is 1.36. The maximum absolute atomic E-state index is 14.5. The van der Waals surface area contributed by atoms with Gasteiger partial charge in [-0.2, -0.15) is 0 Å². The number of benzene rings is 2. The summed E-state index contributed by atoms with van der Waals surface area (Å²) in [6.07, 6.45) is 2.76.